The highest BCUT2D eigenvalue weighted by molar-refractivity contribution is 7.09. The lowest BCUT2D eigenvalue weighted by Crippen LogP contribution is -2.02. The van der Waals surface area contributed by atoms with Gasteiger partial charge in [0.15, 0.2) is 0 Å². The quantitative estimate of drug-likeness (QED) is 0.800. The van der Waals surface area contributed by atoms with Crippen molar-refractivity contribution in [2.24, 2.45) is 0 Å². The van der Waals surface area contributed by atoms with E-state index in [1.165, 1.54) is 17.1 Å². The molecule has 4 nitrogen and oxygen atoms in total. The first-order valence-corrected chi connectivity index (χ1v) is 5.82. The minimum atomic E-state index is 0.728. The average Bonchev–Trinajstić information content (AvgIpc) is 2.67. The first-order chi connectivity index (χ1) is 7.66. The Hall–Kier alpha value is -1.62. The Kier molecular flexibility index (Phi) is 3.05. The number of nitrogens with zero attached hydrogens (tertiary/aromatic N) is 2. The molecule has 84 valence electrons. The first-order valence-electron chi connectivity index (χ1n) is 5.05. The second kappa shape index (κ2) is 4.49. The van der Waals surface area contributed by atoms with Crippen LogP contribution in [-0.2, 0) is 6.54 Å². The Labute approximate surface area is 98.7 Å². The minimum Gasteiger partial charge on any atom is -0.399 e. The van der Waals surface area contributed by atoms with E-state index >= 15 is 0 Å². The molecular formula is C11H14N4S. The van der Waals surface area contributed by atoms with Gasteiger partial charge in [0, 0.05) is 23.8 Å². The summed E-state index contributed by atoms with van der Waals surface area (Å²) in [7, 11) is 0. The number of hydrogen-bond acceptors (Lipinski definition) is 5. The van der Waals surface area contributed by atoms with E-state index in [9.17, 15) is 0 Å². The molecule has 0 fully saturated rings. The van der Waals surface area contributed by atoms with E-state index in [1.54, 1.807) is 0 Å². The smallest absolute Gasteiger partial charge is 0.202 e. The van der Waals surface area contributed by atoms with Crippen molar-refractivity contribution in [1.29, 1.82) is 0 Å². The van der Waals surface area contributed by atoms with Crippen LogP contribution >= 0.6 is 11.5 Å². The van der Waals surface area contributed by atoms with Gasteiger partial charge in [0.05, 0.1) is 0 Å². The number of aryl methyl sites for hydroxylation is 1. The lowest BCUT2D eigenvalue weighted by molar-refractivity contribution is 1.09. The van der Waals surface area contributed by atoms with E-state index in [4.69, 9.17) is 5.73 Å². The largest absolute Gasteiger partial charge is 0.399 e. The van der Waals surface area contributed by atoms with Crippen LogP contribution in [0.15, 0.2) is 18.2 Å². The zero-order chi connectivity index (χ0) is 11.5. The zero-order valence-electron chi connectivity index (χ0n) is 9.32. The van der Waals surface area contributed by atoms with Gasteiger partial charge in [-0.1, -0.05) is 12.1 Å². The molecule has 2 rings (SSSR count). The fourth-order valence-corrected chi connectivity index (χ4v) is 2.00. The molecule has 0 radical (unpaired) electrons. The van der Waals surface area contributed by atoms with Crippen molar-refractivity contribution in [2.75, 3.05) is 11.1 Å². The molecule has 1 aromatic carbocycles. The van der Waals surface area contributed by atoms with Gasteiger partial charge in [-0.25, -0.2) is 4.98 Å². The van der Waals surface area contributed by atoms with E-state index in [2.05, 4.69) is 20.7 Å². The van der Waals surface area contributed by atoms with Gasteiger partial charge in [-0.2, -0.15) is 4.37 Å². The van der Waals surface area contributed by atoms with Crippen LogP contribution in [0.1, 0.15) is 17.0 Å². The van der Waals surface area contributed by atoms with E-state index in [0.717, 1.165) is 28.8 Å². The highest BCUT2D eigenvalue weighted by Crippen LogP contribution is 2.17. The van der Waals surface area contributed by atoms with Gasteiger partial charge in [0.25, 0.3) is 0 Å². The van der Waals surface area contributed by atoms with Crippen molar-refractivity contribution in [3.8, 4) is 0 Å². The van der Waals surface area contributed by atoms with Crippen LogP contribution in [0.4, 0.5) is 10.8 Å². The Morgan fingerprint density at radius 2 is 2.19 bits per heavy atom. The molecule has 16 heavy (non-hydrogen) atoms. The fraction of sp³-hybridized carbons (Fsp3) is 0.273. The van der Waals surface area contributed by atoms with Crippen LogP contribution in [0.25, 0.3) is 0 Å². The molecule has 0 aliphatic rings. The second-order valence-corrected chi connectivity index (χ2v) is 4.38. The van der Waals surface area contributed by atoms with Gasteiger partial charge in [-0.3, -0.25) is 0 Å². The third kappa shape index (κ3) is 2.30. The minimum absolute atomic E-state index is 0.728. The zero-order valence-corrected chi connectivity index (χ0v) is 10.1. The summed E-state index contributed by atoms with van der Waals surface area (Å²) in [6, 6.07) is 5.94. The summed E-state index contributed by atoms with van der Waals surface area (Å²) in [6.07, 6.45) is 0. The van der Waals surface area contributed by atoms with Gasteiger partial charge in [0.2, 0.25) is 5.13 Å². The molecular weight excluding hydrogens is 220 g/mol. The molecule has 1 heterocycles. The summed E-state index contributed by atoms with van der Waals surface area (Å²) < 4.78 is 4.11. The molecule has 0 spiro atoms. The highest BCUT2D eigenvalue weighted by Gasteiger charge is 2.03. The van der Waals surface area contributed by atoms with Gasteiger partial charge < -0.3 is 11.1 Å². The summed E-state index contributed by atoms with van der Waals surface area (Å²) in [5.74, 6) is 0.803. The fourth-order valence-electron chi connectivity index (χ4n) is 1.43. The average molecular weight is 234 g/mol. The van der Waals surface area contributed by atoms with Crippen molar-refractivity contribution in [2.45, 2.75) is 20.4 Å². The lowest BCUT2D eigenvalue weighted by Gasteiger charge is -2.08. The van der Waals surface area contributed by atoms with Gasteiger partial charge in [-0.05, 0) is 31.0 Å². The molecule has 3 N–H and O–H groups in total. The maximum absolute atomic E-state index is 5.84. The van der Waals surface area contributed by atoms with E-state index in [-0.39, 0.29) is 0 Å². The maximum Gasteiger partial charge on any atom is 0.202 e. The topological polar surface area (TPSA) is 63.8 Å². The van der Waals surface area contributed by atoms with Crippen LogP contribution in [-0.4, -0.2) is 9.36 Å². The van der Waals surface area contributed by atoms with Crippen molar-refractivity contribution in [3.05, 3.63) is 35.2 Å². The number of nitrogens with one attached hydrogen (secondary N) is 1. The van der Waals surface area contributed by atoms with E-state index in [1.807, 2.05) is 26.0 Å². The van der Waals surface area contributed by atoms with Gasteiger partial charge in [-0.15, -0.1) is 0 Å². The molecule has 1 aromatic heterocycles. The second-order valence-electron chi connectivity index (χ2n) is 3.63. The Morgan fingerprint density at radius 3 is 2.88 bits per heavy atom. The van der Waals surface area contributed by atoms with Crippen LogP contribution in [0.3, 0.4) is 0 Å². The molecule has 0 unspecified atom stereocenters. The van der Waals surface area contributed by atoms with Gasteiger partial charge >= 0.3 is 0 Å². The molecule has 2 aromatic rings. The molecule has 0 aliphatic heterocycles. The number of nitrogens with two attached hydrogens (primary N) is 1. The number of benzene rings is 1. The summed E-state index contributed by atoms with van der Waals surface area (Å²) in [4.78, 5) is 4.24. The van der Waals surface area contributed by atoms with Crippen LogP contribution in [0, 0.1) is 13.8 Å². The van der Waals surface area contributed by atoms with Crippen LogP contribution in [0.2, 0.25) is 0 Å². The predicted molar refractivity (Wildman–Crippen MR) is 67.6 cm³/mol. The number of anilines is 2. The van der Waals surface area contributed by atoms with Crippen molar-refractivity contribution >= 4 is 22.4 Å². The van der Waals surface area contributed by atoms with Crippen molar-refractivity contribution < 1.29 is 0 Å². The third-order valence-corrected chi connectivity index (χ3v) is 3.21. The maximum atomic E-state index is 5.84. The van der Waals surface area contributed by atoms with Crippen LogP contribution < -0.4 is 11.1 Å². The predicted octanol–water partition coefficient (Wildman–Crippen LogP) is 2.35. The van der Waals surface area contributed by atoms with E-state index in [0.29, 0.717) is 0 Å². The molecule has 0 saturated heterocycles. The Bertz CT molecular complexity index is 492. The lowest BCUT2D eigenvalue weighted by atomic mass is 10.1. The Morgan fingerprint density at radius 1 is 1.38 bits per heavy atom. The normalized spacial score (nSPS) is 10.4. The third-order valence-electron chi connectivity index (χ3n) is 2.45. The van der Waals surface area contributed by atoms with Crippen LogP contribution in [0.5, 0.6) is 0 Å². The molecule has 0 bridgehead atoms. The molecule has 0 saturated carbocycles. The van der Waals surface area contributed by atoms with Crippen molar-refractivity contribution in [1.82, 2.24) is 9.36 Å². The summed E-state index contributed by atoms with van der Waals surface area (Å²) >= 11 is 1.38. The SMILES string of the molecule is Cc1nsc(NCc2cccc(N)c2C)n1. The Balaban J connectivity index is 2.07. The number of nitrogen functional groups attached to an aromatic ring is 1. The number of rotatable bonds is 3. The van der Waals surface area contributed by atoms with Gasteiger partial charge in [0.1, 0.15) is 5.82 Å². The molecule has 0 amide bonds. The molecule has 5 heteroatoms. The monoisotopic (exact) mass is 234 g/mol. The number of hydrogen-bond donors (Lipinski definition) is 2. The first kappa shape index (κ1) is 10.9. The molecule has 0 atom stereocenters. The summed E-state index contributed by atoms with van der Waals surface area (Å²) in [5.41, 5.74) is 8.98. The summed E-state index contributed by atoms with van der Waals surface area (Å²) in [6.45, 7) is 4.64. The molecule has 0 aliphatic carbocycles. The summed E-state index contributed by atoms with van der Waals surface area (Å²) in [5, 5.41) is 4.09. The number of aromatic nitrogens is 2. The van der Waals surface area contributed by atoms with Crippen molar-refractivity contribution in [3.63, 3.8) is 0 Å². The standard InChI is InChI=1S/C11H14N4S/c1-7-9(4-3-5-10(7)12)6-13-11-14-8(2)15-16-11/h3-5H,6,12H2,1-2H3,(H,13,14,15). The highest BCUT2D eigenvalue weighted by atomic mass is 32.1. The van der Waals surface area contributed by atoms with E-state index < -0.39 is 0 Å².